The molecule has 0 atom stereocenters. The minimum atomic E-state index is -0.00920. The number of aliphatic imine (C=N–C) groups is 1. The standard InChI is InChI=1S/C22H21N3OS2/c1-4-13-25-20(26)19(28-22(25)23-16-10-8-9-15(3)14-16)21-24(5-2)17-11-6-7-12-18(17)27-21/h4,6-12,14H,1,5,13H2,2-3H3/b21-19-,23-22?. The van der Waals surface area contributed by atoms with Crippen LogP contribution in [0.1, 0.15) is 12.5 Å². The summed E-state index contributed by atoms with van der Waals surface area (Å²) in [5.41, 5.74) is 3.15. The molecule has 1 saturated heterocycles. The monoisotopic (exact) mass is 407 g/mol. The molecule has 0 aliphatic carbocycles. The first-order chi connectivity index (χ1) is 13.6. The topological polar surface area (TPSA) is 35.9 Å². The van der Waals surface area contributed by atoms with Crippen LogP contribution in [0.4, 0.5) is 11.4 Å². The summed E-state index contributed by atoms with van der Waals surface area (Å²) >= 11 is 3.11. The second-order valence-electron chi connectivity index (χ2n) is 6.49. The first-order valence-corrected chi connectivity index (χ1v) is 10.8. The molecular formula is C22H21N3OS2. The van der Waals surface area contributed by atoms with Crippen LogP contribution in [0.2, 0.25) is 0 Å². The van der Waals surface area contributed by atoms with Crippen LogP contribution in [0, 0.1) is 6.92 Å². The van der Waals surface area contributed by atoms with Crippen molar-refractivity contribution < 1.29 is 4.79 Å². The smallest absolute Gasteiger partial charge is 0.269 e. The van der Waals surface area contributed by atoms with Crippen LogP contribution >= 0.6 is 23.5 Å². The minimum Gasteiger partial charge on any atom is -0.334 e. The Hall–Kier alpha value is -2.44. The molecule has 142 valence electrons. The van der Waals surface area contributed by atoms with E-state index in [0.29, 0.717) is 11.7 Å². The van der Waals surface area contributed by atoms with Gasteiger partial charge < -0.3 is 4.90 Å². The van der Waals surface area contributed by atoms with Gasteiger partial charge in [0.2, 0.25) is 0 Å². The predicted octanol–water partition coefficient (Wildman–Crippen LogP) is 5.55. The number of amides is 1. The van der Waals surface area contributed by atoms with E-state index in [1.807, 2.05) is 43.3 Å². The van der Waals surface area contributed by atoms with E-state index in [-0.39, 0.29) is 5.91 Å². The van der Waals surface area contributed by atoms with E-state index in [1.54, 1.807) is 22.7 Å². The number of carbonyl (C=O) groups is 1. The number of nitrogens with zero attached hydrogens (tertiary/aromatic N) is 3. The fourth-order valence-electron chi connectivity index (χ4n) is 3.23. The number of fused-ring (bicyclic) bond motifs is 1. The number of hydrogen-bond donors (Lipinski definition) is 0. The molecule has 0 radical (unpaired) electrons. The summed E-state index contributed by atoms with van der Waals surface area (Å²) in [5.74, 6) is -0.00920. The van der Waals surface area contributed by atoms with Gasteiger partial charge in [0.1, 0.15) is 9.93 Å². The maximum Gasteiger partial charge on any atom is 0.269 e. The maximum absolute atomic E-state index is 13.2. The third-order valence-electron chi connectivity index (χ3n) is 4.52. The zero-order valence-corrected chi connectivity index (χ0v) is 17.5. The molecule has 0 aromatic heterocycles. The van der Waals surface area contributed by atoms with Gasteiger partial charge in [0.15, 0.2) is 5.17 Å². The number of benzene rings is 2. The first kappa shape index (κ1) is 18.9. The Balaban J connectivity index is 1.76. The number of thioether (sulfide) groups is 2. The lowest BCUT2D eigenvalue weighted by atomic mass is 10.2. The van der Waals surface area contributed by atoms with Crippen molar-refractivity contribution in [3.8, 4) is 0 Å². The van der Waals surface area contributed by atoms with E-state index >= 15 is 0 Å². The summed E-state index contributed by atoms with van der Waals surface area (Å²) in [6.07, 6.45) is 1.74. The van der Waals surface area contributed by atoms with Gasteiger partial charge in [0.25, 0.3) is 5.91 Å². The number of rotatable bonds is 4. The number of aryl methyl sites for hydroxylation is 1. The van der Waals surface area contributed by atoms with Crippen molar-refractivity contribution >= 4 is 46.0 Å². The predicted molar refractivity (Wildman–Crippen MR) is 120 cm³/mol. The van der Waals surface area contributed by atoms with Crippen molar-refractivity contribution in [3.05, 3.63) is 76.7 Å². The second kappa shape index (κ2) is 7.89. The molecule has 1 amide bonds. The molecule has 1 fully saturated rings. The summed E-state index contributed by atoms with van der Waals surface area (Å²) in [7, 11) is 0. The van der Waals surface area contributed by atoms with E-state index in [1.165, 1.54) is 16.7 Å². The zero-order chi connectivity index (χ0) is 19.7. The maximum atomic E-state index is 13.2. The molecule has 2 heterocycles. The minimum absolute atomic E-state index is 0.00920. The second-order valence-corrected chi connectivity index (χ2v) is 8.50. The normalized spacial score (nSPS) is 20.2. The Kier molecular flexibility index (Phi) is 5.33. The SMILES string of the molecule is C=CCN1C(=O)/C(=C2/Sc3ccccc3N2CC)SC1=Nc1cccc(C)c1. The van der Waals surface area contributed by atoms with Gasteiger partial charge in [0, 0.05) is 18.0 Å². The fraction of sp³-hybridized carbons (Fsp3) is 0.182. The lowest BCUT2D eigenvalue weighted by molar-refractivity contribution is -0.121. The van der Waals surface area contributed by atoms with Gasteiger partial charge in [0.05, 0.1) is 11.4 Å². The van der Waals surface area contributed by atoms with Crippen LogP contribution in [-0.2, 0) is 4.79 Å². The summed E-state index contributed by atoms with van der Waals surface area (Å²) in [5, 5.41) is 1.69. The van der Waals surface area contributed by atoms with E-state index in [4.69, 9.17) is 4.99 Å². The van der Waals surface area contributed by atoms with Crippen molar-refractivity contribution in [2.75, 3.05) is 18.0 Å². The molecule has 0 spiro atoms. The van der Waals surface area contributed by atoms with Gasteiger partial charge in [-0.2, -0.15) is 0 Å². The average Bonchev–Trinajstić information content (AvgIpc) is 3.20. The summed E-state index contributed by atoms with van der Waals surface area (Å²) in [6.45, 7) is 9.21. The third kappa shape index (κ3) is 3.38. The molecule has 0 N–H and O–H groups in total. The number of carbonyl (C=O) groups excluding carboxylic acids is 1. The molecule has 4 nitrogen and oxygen atoms in total. The molecule has 0 bridgehead atoms. The van der Waals surface area contributed by atoms with Gasteiger partial charge in [-0.05, 0) is 55.4 Å². The molecule has 2 aliphatic heterocycles. The van der Waals surface area contributed by atoms with Crippen molar-refractivity contribution in [2.45, 2.75) is 18.7 Å². The highest BCUT2D eigenvalue weighted by Gasteiger charge is 2.39. The van der Waals surface area contributed by atoms with Crippen LogP contribution in [0.25, 0.3) is 0 Å². The van der Waals surface area contributed by atoms with Gasteiger partial charge in [-0.3, -0.25) is 9.69 Å². The van der Waals surface area contributed by atoms with Gasteiger partial charge >= 0.3 is 0 Å². The molecular weight excluding hydrogens is 386 g/mol. The summed E-state index contributed by atoms with van der Waals surface area (Å²) in [4.78, 5) is 23.8. The molecule has 2 aliphatic rings. The average molecular weight is 408 g/mol. The summed E-state index contributed by atoms with van der Waals surface area (Å²) < 4.78 is 0. The van der Waals surface area contributed by atoms with Crippen LogP contribution in [0.5, 0.6) is 0 Å². The van der Waals surface area contributed by atoms with Crippen molar-refractivity contribution in [1.29, 1.82) is 0 Å². The molecule has 28 heavy (non-hydrogen) atoms. The van der Waals surface area contributed by atoms with Crippen LogP contribution in [-0.4, -0.2) is 29.1 Å². The zero-order valence-electron chi connectivity index (χ0n) is 15.9. The number of amidine groups is 1. The van der Waals surface area contributed by atoms with Crippen molar-refractivity contribution in [2.24, 2.45) is 4.99 Å². The van der Waals surface area contributed by atoms with E-state index in [2.05, 4.69) is 30.5 Å². The van der Waals surface area contributed by atoms with E-state index in [9.17, 15) is 4.79 Å². The van der Waals surface area contributed by atoms with E-state index in [0.717, 1.165) is 33.4 Å². The van der Waals surface area contributed by atoms with Gasteiger partial charge in [-0.25, -0.2) is 4.99 Å². The highest BCUT2D eigenvalue weighted by Crippen LogP contribution is 2.50. The number of anilines is 1. The quantitative estimate of drug-likeness (QED) is 0.492. The summed E-state index contributed by atoms with van der Waals surface area (Å²) in [6, 6.07) is 16.3. The molecule has 0 unspecified atom stereocenters. The highest BCUT2D eigenvalue weighted by atomic mass is 32.2. The fourth-order valence-corrected chi connectivity index (χ4v) is 5.64. The lowest BCUT2D eigenvalue weighted by Gasteiger charge is -2.19. The Bertz CT molecular complexity index is 1010. The molecule has 0 saturated carbocycles. The molecule has 4 rings (SSSR count). The van der Waals surface area contributed by atoms with Gasteiger partial charge in [-0.15, -0.1) is 6.58 Å². The Morgan fingerprint density at radius 2 is 1.93 bits per heavy atom. The number of hydrogen-bond acceptors (Lipinski definition) is 5. The Labute approximate surface area is 174 Å². The van der Waals surface area contributed by atoms with Crippen LogP contribution in [0.3, 0.4) is 0 Å². The van der Waals surface area contributed by atoms with E-state index < -0.39 is 0 Å². The largest absolute Gasteiger partial charge is 0.334 e. The molecule has 6 heteroatoms. The lowest BCUT2D eigenvalue weighted by Crippen LogP contribution is -2.30. The number of para-hydroxylation sites is 1. The van der Waals surface area contributed by atoms with Crippen molar-refractivity contribution in [1.82, 2.24) is 4.90 Å². The van der Waals surface area contributed by atoms with Crippen LogP contribution < -0.4 is 4.90 Å². The first-order valence-electron chi connectivity index (χ1n) is 9.17. The van der Waals surface area contributed by atoms with Crippen molar-refractivity contribution in [3.63, 3.8) is 0 Å². The Morgan fingerprint density at radius 3 is 2.68 bits per heavy atom. The molecule has 2 aromatic rings. The molecule has 2 aromatic carbocycles. The Morgan fingerprint density at radius 1 is 1.11 bits per heavy atom. The third-order valence-corrected chi connectivity index (χ3v) is 6.90. The van der Waals surface area contributed by atoms with Gasteiger partial charge in [-0.1, -0.05) is 42.1 Å². The van der Waals surface area contributed by atoms with Crippen LogP contribution in [0.15, 0.2) is 81.0 Å². The highest BCUT2D eigenvalue weighted by molar-refractivity contribution is 8.19.